The number of carbonyl (C=O) groups excluding carboxylic acids is 1. The number of hydrogen-bond donors (Lipinski definition) is 0. The van der Waals surface area contributed by atoms with E-state index in [1.54, 1.807) is 6.07 Å². The fraction of sp³-hybridized carbons (Fsp3) is 0.235. The molecule has 0 saturated heterocycles. The van der Waals surface area contributed by atoms with E-state index < -0.39 is 5.97 Å². The van der Waals surface area contributed by atoms with Gasteiger partial charge in [-0.25, -0.2) is 4.79 Å². The Labute approximate surface area is 146 Å². The second kappa shape index (κ2) is 7.29. The molecule has 0 unspecified atom stereocenters. The van der Waals surface area contributed by atoms with Crippen molar-refractivity contribution >= 4 is 37.8 Å². The van der Waals surface area contributed by atoms with Gasteiger partial charge in [0.05, 0.1) is 4.47 Å². The molecule has 0 fully saturated rings. The number of esters is 1. The minimum Gasteiger partial charge on any atom is -0.480 e. The van der Waals surface area contributed by atoms with Crippen LogP contribution in [0.5, 0.6) is 11.5 Å². The summed E-state index contributed by atoms with van der Waals surface area (Å²) in [6.07, 6.45) is 0. The standard InChI is InChI=1S/C17H16Br2O3/c1-10-4-5-14(7-11(10)2)22-16(20)9-21-17-12(3)6-13(18)8-15(17)19/h4-8H,9H2,1-3H3. The van der Waals surface area contributed by atoms with Crippen molar-refractivity contribution in [2.75, 3.05) is 6.61 Å². The fourth-order valence-electron chi connectivity index (χ4n) is 1.94. The van der Waals surface area contributed by atoms with E-state index in [2.05, 4.69) is 31.9 Å². The Morgan fingerprint density at radius 1 is 1.00 bits per heavy atom. The molecule has 3 nitrogen and oxygen atoms in total. The Morgan fingerprint density at radius 2 is 1.73 bits per heavy atom. The van der Waals surface area contributed by atoms with E-state index >= 15 is 0 Å². The minimum atomic E-state index is -0.433. The number of halogens is 2. The smallest absolute Gasteiger partial charge is 0.349 e. The highest BCUT2D eigenvalue weighted by Gasteiger charge is 2.11. The monoisotopic (exact) mass is 426 g/mol. The summed E-state index contributed by atoms with van der Waals surface area (Å²) in [4.78, 5) is 11.9. The number of benzene rings is 2. The third kappa shape index (κ3) is 4.34. The Balaban J connectivity index is 2.00. The number of hydrogen-bond acceptors (Lipinski definition) is 3. The van der Waals surface area contributed by atoms with Gasteiger partial charge in [-0.15, -0.1) is 0 Å². The van der Waals surface area contributed by atoms with Gasteiger partial charge in [0.15, 0.2) is 6.61 Å². The predicted octanol–water partition coefficient (Wildman–Crippen LogP) is 5.12. The van der Waals surface area contributed by atoms with Crippen LogP contribution in [0.3, 0.4) is 0 Å². The van der Waals surface area contributed by atoms with Crippen molar-refractivity contribution in [3.8, 4) is 11.5 Å². The van der Waals surface area contributed by atoms with E-state index in [-0.39, 0.29) is 6.61 Å². The lowest BCUT2D eigenvalue weighted by atomic mass is 10.1. The molecule has 22 heavy (non-hydrogen) atoms. The van der Waals surface area contributed by atoms with Gasteiger partial charge >= 0.3 is 5.97 Å². The van der Waals surface area contributed by atoms with Crippen molar-refractivity contribution in [1.82, 2.24) is 0 Å². The molecule has 2 rings (SSSR count). The molecule has 116 valence electrons. The molecule has 0 bridgehead atoms. The molecule has 0 radical (unpaired) electrons. The average Bonchev–Trinajstić information content (AvgIpc) is 2.41. The summed E-state index contributed by atoms with van der Waals surface area (Å²) in [5, 5.41) is 0. The molecule has 0 amide bonds. The molecular formula is C17H16Br2O3. The zero-order chi connectivity index (χ0) is 16.3. The van der Waals surface area contributed by atoms with Gasteiger partial charge in [0.2, 0.25) is 0 Å². The zero-order valence-corrected chi connectivity index (χ0v) is 15.7. The quantitative estimate of drug-likeness (QED) is 0.501. The van der Waals surface area contributed by atoms with Crippen LogP contribution in [0.2, 0.25) is 0 Å². The lowest BCUT2D eigenvalue weighted by Gasteiger charge is -2.12. The van der Waals surface area contributed by atoms with Gasteiger partial charge in [-0.2, -0.15) is 0 Å². The van der Waals surface area contributed by atoms with Crippen LogP contribution in [0.25, 0.3) is 0 Å². The van der Waals surface area contributed by atoms with Crippen LogP contribution in [-0.4, -0.2) is 12.6 Å². The van der Waals surface area contributed by atoms with E-state index in [0.717, 1.165) is 25.6 Å². The highest BCUT2D eigenvalue weighted by molar-refractivity contribution is 9.11. The second-order valence-electron chi connectivity index (χ2n) is 5.04. The van der Waals surface area contributed by atoms with Crippen LogP contribution in [0.1, 0.15) is 16.7 Å². The molecule has 0 spiro atoms. The first-order valence-corrected chi connectivity index (χ1v) is 8.32. The molecule has 0 N–H and O–H groups in total. The van der Waals surface area contributed by atoms with Crippen molar-refractivity contribution in [3.05, 3.63) is 56.0 Å². The lowest BCUT2D eigenvalue weighted by Crippen LogP contribution is -2.18. The number of ether oxygens (including phenoxy) is 2. The molecule has 2 aromatic rings. The third-order valence-electron chi connectivity index (χ3n) is 3.24. The molecule has 0 aromatic heterocycles. The summed E-state index contributed by atoms with van der Waals surface area (Å²) >= 11 is 6.83. The van der Waals surface area contributed by atoms with Gasteiger partial charge in [0.25, 0.3) is 0 Å². The normalized spacial score (nSPS) is 10.4. The fourth-order valence-corrected chi connectivity index (χ4v) is 3.49. The molecule has 0 saturated carbocycles. The highest BCUT2D eigenvalue weighted by Crippen LogP contribution is 2.32. The van der Waals surface area contributed by atoms with Crippen LogP contribution in [0.15, 0.2) is 39.3 Å². The highest BCUT2D eigenvalue weighted by atomic mass is 79.9. The molecule has 0 aliphatic rings. The Morgan fingerprint density at radius 3 is 2.36 bits per heavy atom. The second-order valence-corrected chi connectivity index (χ2v) is 6.81. The van der Waals surface area contributed by atoms with Gasteiger partial charge in [-0.05, 0) is 77.7 Å². The predicted molar refractivity (Wildman–Crippen MR) is 93.6 cm³/mol. The van der Waals surface area contributed by atoms with Crippen LogP contribution < -0.4 is 9.47 Å². The Hall–Kier alpha value is -1.33. The molecule has 0 atom stereocenters. The summed E-state index contributed by atoms with van der Waals surface area (Å²) in [6.45, 7) is 5.76. The average molecular weight is 428 g/mol. The molecule has 0 heterocycles. The molecule has 2 aromatic carbocycles. The number of aryl methyl sites for hydroxylation is 3. The third-order valence-corrected chi connectivity index (χ3v) is 4.29. The molecule has 0 aliphatic heterocycles. The van der Waals surface area contributed by atoms with E-state index in [1.165, 1.54) is 0 Å². The maximum atomic E-state index is 11.9. The van der Waals surface area contributed by atoms with Crippen LogP contribution in [-0.2, 0) is 4.79 Å². The first kappa shape index (κ1) is 17.0. The maximum absolute atomic E-state index is 11.9. The largest absolute Gasteiger partial charge is 0.480 e. The van der Waals surface area contributed by atoms with Gasteiger partial charge < -0.3 is 9.47 Å². The van der Waals surface area contributed by atoms with E-state index in [9.17, 15) is 4.79 Å². The van der Waals surface area contributed by atoms with E-state index in [0.29, 0.717) is 11.5 Å². The van der Waals surface area contributed by atoms with Crippen molar-refractivity contribution < 1.29 is 14.3 Å². The molecule has 5 heteroatoms. The summed E-state index contributed by atoms with van der Waals surface area (Å²) in [5.41, 5.74) is 3.17. The lowest BCUT2D eigenvalue weighted by molar-refractivity contribution is -0.136. The minimum absolute atomic E-state index is 0.145. The van der Waals surface area contributed by atoms with Gasteiger partial charge in [0, 0.05) is 4.47 Å². The van der Waals surface area contributed by atoms with Crippen LogP contribution in [0.4, 0.5) is 0 Å². The molecular weight excluding hydrogens is 412 g/mol. The van der Waals surface area contributed by atoms with Gasteiger partial charge in [0.1, 0.15) is 11.5 Å². The number of carbonyl (C=O) groups is 1. The first-order valence-electron chi connectivity index (χ1n) is 6.73. The van der Waals surface area contributed by atoms with Crippen LogP contribution in [0, 0.1) is 20.8 Å². The van der Waals surface area contributed by atoms with Crippen molar-refractivity contribution in [1.29, 1.82) is 0 Å². The zero-order valence-electron chi connectivity index (χ0n) is 12.6. The summed E-state index contributed by atoms with van der Waals surface area (Å²) in [6, 6.07) is 9.34. The van der Waals surface area contributed by atoms with E-state index in [1.807, 2.05) is 45.0 Å². The number of rotatable bonds is 4. The first-order chi connectivity index (χ1) is 10.4. The summed E-state index contributed by atoms with van der Waals surface area (Å²) < 4.78 is 12.6. The van der Waals surface area contributed by atoms with Gasteiger partial charge in [-0.3, -0.25) is 0 Å². The topological polar surface area (TPSA) is 35.5 Å². The van der Waals surface area contributed by atoms with Crippen LogP contribution >= 0.6 is 31.9 Å². The Kier molecular flexibility index (Phi) is 5.64. The maximum Gasteiger partial charge on any atom is 0.349 e. The summed E-state index contributed by atoms with van der Waals surface area (Å²) in [5.74, 6) is 0.737. The van der Waals surface area contributed by atoms with Crippen molar-refractivity contribution in [2.24, 2.45) is 0 Å². The summed E-state index contributed by atoms with van der Waals surface area (Å²) in [7, 11) is 0. The molecule has 0 aliphatic carbocycles. The van der Waals surface area contributed by atoms with Crippen molar-refractivity contribution in [3.63, 3.8) is 0 Å². The Bertz CT molecular complexity index is 688. The van der Waals surface area contributed by atoms with E-state index in [4.69, 9.17) is 9.47 Å². The van der Waals surface area contributed by atoms with Gasteiger partial charge in [-0.1, -0.05) is 22.0 Å². The SMILES string of the molecule is Cc1ccc(OC(=O)COc2c(C)cc(Br)cc2Br)cc1C. The van der Waals surface area contributed by atoms with Crippen molar-refractivity contribution in [2.45, 2.75) is 20.8 Å².